The van der Waals surface area contributed by atoms with Gasteiger partial charge in [-0.05, 0) is 35.4 Å². The van der Waals surface area contributed by atoms with Gasteiger partial charge in [0.25, 0.3) is 0 Å². The molecule has 0 aromatic heterocycles. The molecule has 0 saturated heterocycles. The van der Waals surface area contributed by atoms with E-state index in [1.807, 2.05) is 0 Å². The number of carboxylic acid groups (broad SMARTS) is 2. The van der Waals surface area contributed by atoms with Crippen LogP contribution in [0.4, 0.5) is 0 Å². The monoisotopic (exact) mass is 434 g/mol. The van der Waals surface area contributed by atoms with Crippen molar-refractivity contribution in [1.82, 2.24) is 0 Å². The Morgan fingerprint density at radius 1 is 0.607 bits per heavy atom. The van der Waals surface area contributed by atoms with Gasteiger partial charge in [0.2, 0.25) is 0 Å². The van der Waals surface area contributed by atoms with E-state index >= 15 is 0 Å². The summed E-state index contributed by atoms with van der Waals surface area (Å²) in [6.07, 6.45) is 0. The SMILES string of the molecule is O=C(O)c1cc(-c2ccc(O)c(C(=O)O)c2)ccc1O.O=S(=O)=O.O=S(=O)=O. The van der Waals surface area contributed by atoms with Crippen molar-refractivity contribution in [3.05, 3.63) is 47.5 Å². The lowest BCUT2D eigenvalue weighted by Crippen LogP contribution is -1.99. The minimum atomic E-state index is -3.11. The standard InChI is InChI=1S/C14H10O6.2O3S/c15-11-3-1-7(5-9(11)13(17)18)8-2-4-12(16)10(6-8)14(19)20;2*1-4(2)3/h1-6,15-16H,(H,17,18)(H,19,20);;. The molecule has 0 aliphatic carbocycles. The van der Waals surface area contributed by atoms with Gasteiger partial charge < -0.3 is 20.4 Å². The fraction of sp³-hybridized carbons (Fsp3) is 0. The van der Waals surface area contributed by atoms with E-state index in [1.54, 1.807) is 0 Å². The summed E-state index contributed by atoms with van der Waals surface area (Å²) >= 11 is 0. The van der Waals surface area contributed by atoms with Gasteiger partial charge in [-0.2, -0.15) is 0 Å². The average Bonchev–Trinajstić information content (AvgIpc) is 2.54. The first-order valence-electron chi connectivity index (χ1n) is 6.53. The molecule has 2 rings (SSSR count). The number of benzene rings is 2. The predicted octanol–water partition coefficient (Wildman–Crippen LogP) is 0.153. The summed E-state index contributed by atoms with van der Waals surface area (Å²) < 4.78 is 50.7. The molecule has 4 N–H and O–H groups in total. The second kappa shape index (κ2) is 11.0. The van der Waals surface area contributed by atoms with Gasteiger partial charge in [0.15, 0.2) is 0 Å². The zero-order valence-electron chi connectivity index (χ0n) is 13.3. The second-order valence-electron chi connectivity index (χ2n) is 4.48. The first-order valence-corrected chi connectivity index (χ1v) is 8.53. The first kappa shape index (κ1) is 24.2. The van der Waals surface area contributed by atoms with Crippen molar-refractivity contribution in [1.29, 1.82) is 0 Å². The molecule has 150 valence electrons. The number of hydrogen-bond acceptors (Lipinski definition) is 10. The zero-order valence-corrected chi connectivity index (χ0v) is 15.0. The van der Waals surface area contributed by atoms with Crippen LogP contribution >= 0.6 is 0 Å². The number of carboxylic acids is 2. The molecule has 0 atom stereocenters. The van der Waals surface area contributed by atoms with E-state index in [0.717, 1.165) is 0 Å². The number of carbonyl (C=O) groups is 2. The molecular weight excluding hydrogens is 424 g/mol. The number of hydrogen-bond donors (Lipinski definition) is 4. The van der Waals surface area contributed by atoms with Crippen molar-refractivity contribution in [2.75, 3.05) is 0 Å². The van der Waals surface area contributed by atoms with Gasteiger partial charge in [0, 0.05) is 0 Å². The molecule has 0 saturated carbocycles. The first-order chi connectivity index (χ1) is 12.9. The maximum Gasteiger partial charge on any atom is 0.425 e. The highest BCUT2D eigenvalue weighted by atomic mass is 32.2. The molecule has 0 unspecified atom stereocenters. The maximum atomic E-state index is 10.9. The Labute approximate surface area is 159 Å². The summed E-state index contributed by atoms with van der Waals surface area (Å²) in [4.78, 5) is 21.9. The molecule has 28 heavy (non-hydrogen) atoms. The highest BCUT2D eigenvalue weighted by molar-refractivity contribution is 7.59. The molecule has 0 amide bonds. The van der Waals surface area contributed by atoms with E-state index in [4.69, 9.17) is 35.5 Å². The van der Waals surface area contributed by atoms with Crippen LogP contribution in [0.1, 0.15) is 20.7 Å². The highest BCUT2D eigenvalue weighted by Gasteiger charge is 2.14. The largest absolute Gasteiger partial charge is 0.507 e. The third-order valence-electron chi connectivity index (χ3n) is 2.79. The van der Waals surface area contributed by atoms with Crippen LogP contribution in [-0.4, -0.2) is 57.6 Å². The number of rotatable bonds is 3. The van der Waals surface area contributed by atoms with Crippen LogP contribution in [-0.2, 0) is 21.2 Å². The molecule has 0 aliphatic rings. The Balaban J connectivity index is 0.000000776. The number of phenols is 2. The van der Waals surface area contributed by atoms with Crippen LogP contribution in [0.15, 0.2) is 36.4 Å². The summed E-state index contributed by atoms with van der Waals surface area (Å²) in [5.41, 5.74) is 0.269. The third kappa shape index (κ3) is 8.54. The minimum Gasteiger partial charge on any atom is -0.507 e. The molecule has 0 radical (unpaired) electrons. The summed E-state index contributed by atoms with van der Waals surface area (Å²) in [6, 6.07) is 7.81. The zero-order chi connectivity index (χ0) is 22.0. The minimum absolute atomic E-state index is 0.285. The Bertz CT molecular complexity index is 998. The lowest BCUT2D eigenvalue weighted by atomic mass is 10.00. The van der Waals surface area contributed by atoms with Gasteiger partial charge in [-0.15, -0.1) is 25.3 Å². The Kier molecular flexibility index (Phi) is 9.55. The van der Waals surface area contributed by atoms with Crippen LogP contribution in [0.5, 0.6) is 11.5 Å². The van der Waals surface area contributed by atoms with E-state index in [9.17, 15) is 19.8 Å². The molecule has 14 heteroatoms. The molecule has 2 aromatic rings. The van der Waals surface area contributed by atoms with E-state index in [2.05, 4.69) is 0 Å². The van der Waals surface area contributed by atoms with Crippen molar-refractivity contribution < 1.29 is 55.3 Å². The summed E-state index contributed by atoms with van der Waals surface area (Å²) in [6.45, 7) is 0. The van der Waals surface area contributed by atoms with Crippen molar-refractivity contribution in [3.63, 3.8) is 0 Å². The molecular formula is C14H10O12S2. The van der Waals surface area contributed by atoms with E-state index in [0.29, 0.717) is 11.1 Å². The Morgan fingerprint density at radius 2 is 0.857 bits per heavy atom. The van der Waals surface area contributed by atoms with Gasteiger partial charge in [-0.25, -0.2) is 9.59 Å². The molecule has 0 bridgehead atoms. The van der Waals surface area contributed by atoms with Gasteiger partial charge in [0.1, 0.15) is 22.6 Å². The lowest BCUT2D eigenvalue weighted by molar-refractivity contribution is 0.0682. The van der Waals surface area contributed by atoms with Gasteiger partial charge in [-0.1, -0.05) is 12.1 Å². The molecule has 12 nitrogen and oxygen atoms in total. The average molecular weight is 434 g/mol. The molecule has 0 aliphatic heterocycles. The second-order valence-corrected chi connectivity index (χ2v) is 5.30. The van der Waals surface area contributed by atoms with E-state index in [-0.39, 0.29) is 22.6 Å². The van der Waals surface area contributed by atoms with E-state index in [1.165, 1.54) is 36.4 Å². The smallest absolute Gasteiger partial charge is 0.425 e. The lowest BCUT2D eigenvalue weighted by Gasteiger charge is -2.07. The van der Waals surface area contributed by atoms with Crippen LogP contribution < -0.4 is 0 Å². The van der Waals surface area contributed by atoms with Crippen molar-refractivity contribution in [2.45, 2.75) is 0 Å². The molecule has 2 aromatic carbocycles. The number of aromatic carboxylic acids is 2. The van der Waals surface area contributed by atoms with Crippen molar-refractivity contribution in [2.24, 2.45) is 0 Å². The predicted molar refractivity (Wildman–Crippen MR) is 88.5 cm³/mol. The topological polar surface area (TPSA) is 217 Å². The molecule has 0 spiro atoms. The summed E-state index contributed by atoms with van der Waals surface area (Å²) in [5.74, 6) is -3.33. The van der Waals surface area contributed by atoms with Crippen LogP contribution in [0.25, 0.3) is 11.1 Å². The molecule has 0 fully saturated rings. The Hall–Kier alpha value is -3.78. The third-order valence-corrected chi connectivity index (χ3v) is 2.79. The van der Waals surface area contributed by atoms with Gasteiger partial charge in [0.05, 0.1) is 0 Å². The normalized spacial score (nSPS) is 9.00. The highest BCUT2D eigenvalue weighted by Crippen LogP contribution is 2.29. The van der Waals surface area contributed by atoms with E-state index < -0.39 is 33.2 Å². The Morgan fingerprint density at radius 3 is 1.07 bits per heavy atom. The quantitative estimate of drug-likeness (QED) is 0.507. The van der Waals surface area contributed by atoms with Gasteiger partial charge >= 0.3 is 33.2 Å². The van der Waals surface area contributed by atoms with Crippen molar-refractivity contribution in [3.8, 4) is 22.6 Å². The fourth-order valence-electron chi connectivity index (χ4n) is 1.77. The fourth-order valence-corrected chi connectivity index (χ4v) is 1.77. The van der Waals surface area contributed by atoms with Gasteiger partial charge in [-0.3, -0.25) is 0 Å². The van der Waals surface area contributed by atoms with Crippen LogP contribution in [0.2, 0.25) is 0 Å². The number of aromatic hydroxyl groups is 2. The van der Waals surface area contributed by atoms with Crippen molar-refractivity contribution >= 4 is 33.2 Å². The van der Waals surface area contributed by atoms with Crippen LogP contribution in [0, 0.1) is 0 Å². The maximum absolute atomic E-state index is 10.9. The summed E-state index contributed by atoms with van der Waals surface area (Å²) in [5, 5.41) is 36.7. The molecule has 0 heterocycles. The van der Waals surface area contributed by atoms with Crippen LogP contribution in [0.3, 0.4) is 0 Å². The summed E-state index contributed by atoms with van der Waals surface area (Å²) in [7, 11) is -6.22.